The SMILES string of the molecule is CCNC(=NCc1ccccc1F)NCc1c(CC)noc1CC. The van der Waals surface area contributed by atoms with Crippen molar-refractivity contribution in [3.8, 4) is 0 Å². The largest absolute Gasteiger partial charge is 0.361 e. The van der Waals surface area contributed by atoms with Crippen molar-refractivity contribution < 1.29 is 8.91 Å². The first-order valence-corrected chi connectivity index (χ1v) is 8.41. The van der Waals surface area contributed by atoms with Crippen LogP contribution in [0.15, 0.2) is 33.8 Å². The van der Waals surface area contributed by atoms with E-state index in [1.54, 1.807) is 12.1 Å². The van der Waals surface area contributed by atoms with E-state index in [0.717, 1.165) is 36.4 Å². The number of benzene rings is 1. The van der Waals surface area contributed by atoms with E-state index in [1.165, 1.54) is 6.07 Å². The maximum Gasteiger partial charge on any atom is 0.191 e. The summed E-state index contributed by atoms with van der Waals surface area (Å²) in [6.45, 7) is 7.69. The van der Waals surface area contributed by atoms with Crippen molar-refractivity contribution in [3.63, 3.8) is 0 Å². The minimum atomic E-state index is -0.238. The predicted molar refractivity (Wildman–Crippen MR) is 93.3 cm³/mol. The van der Waals surface area contributed by atoms with Crippen molar-refractivity contribution in [1.29, 1.82) is 0 Å². The first-order valence-electron chi connectivity index (χ1n) is 8.41. The van der Waals surface area contributed by atoms with E-state index < -0.39 is 0 Å². The summed E-state index contributed by atoms with van der Waals surface area (Å²) in [4.78, 5) is 4.46. The number of hydrogen-bond acceptors (Lipinski definition) is 3. The fourth-order valence-corrected chi connectivity index (χ4v) is 2.44. The minimum Gasteiger partial charge on any atom is -0.361 e. The van der Waals surface area contributed by atoms with Crippen molar-refractivity contribution in [2.75, 3.05) is 6.54 Å². The highest BCUT2D eigenvalue weighted by atomic mass is 19.1. The van der Waals surface area contributed by atoms with Crippen LogP contribution < -0.4 is 10.6 Å². The second-order valence-corrected chi connectivity index (χ2v) is 5.38. The number of halogens is 1. The molecular formula is C18H25FN4O. The molecule has 1 heterocycles. The van der Waals surface area contributed by atoms with Crippen molar-refractivity contribution in [2.24, 2.45) is 4.99 Å². The summed E-state index contributed by atoms with van der Waals surface area (Å²) in [6, 6.07) is 6.68. The van der Waals surface area contributed by atoms with Crippen LogP contribution in [0.5, 0.6) is 0 Å². The predicted octanol–water partition coefficient (Wildman–Crippen LogP) is 3.19. The Morgan fingerprint density at radius 2 is 1.96 bits per heavy atom. The Labute approximate surface area is 142 Å². The normalized spacial score (nSPS) is 11.6. The van der Waals surface area contributed by atoms with Gasteiger partial charge in [-0.3, -0.25) is 0 Å². The number of hydrogen-bond donors (Lipinski definition) is 2. The van der Waals surface area contributed by atoms with E-state index in [9.17, 15) is 4.39 Å². The van der Waals surface area contributed by atoms with Crippen LogP contribution in [-0.2, 0) is 25.9 Å². The summed E-state index contributed by atoms with van der Waals surface area (Å²) < 4.78 is 19.1. The van der Waals surface area contributed by atoms with E-state index in [2.05, 4.69) is 27.7 Å². The highest BCUT2D eigenvalue weighted by molar-refractivity contribution is 5.79. The van der Waals surface area contributed by atoms with E-state index in [-0.39, 0.29) is 12.4 Å². The average molecular weight is 332 g/mol. The lowest BCUT2D eigenvalue weighted by Gasteiger charge is -2.12. The van der Waals surface area contributed by atoms with Gasteiger partial charge in [-0.2, -0.15) is 0 Å². The van der Waals surface area contributed by atoms with Crippen LogP contribution in [0.3, 0.4) is 0 Å². The lowest BCUT2D eigenvalue weighted by Crippen LogP contribution is -2.37. The fraction of sp³-hybridized carbons (Fsp3) is 0.444. The molecule has 6 heteroatoms. The molecule has 1 aromatic heterocycles. The Balaban J connectivity index is 2.07. The zero-order valence-electron chi connectivity index (χ0n) is 14.5. The van der Waals surface area contributed by atoms with Crippen molar-refractivity contribution in [1.82, 2.24) is 15.8 Å². The third-order valence-electron chi connectivity index (χ3n) is 3.75. The molecular weight excluding hydrogens is 307 g/mol. The smallest absolute Gasteiger partial charge is 0.191 e. The third kappa shape index (κ3) is 4.57. The van der Waals surface area contributed by atoms with Crippen LogP contribution in [0.1, 0.15) is 43.4 Å². The lowest BCUT2D eigenvalue weighted by molar-refractivity contribution is 0.380. The monoisotopic (exact) mass is 332 g/mol. The molecule has 1 aromatic carbocycles. The van der Waals surface area contributed by atoms with Gasteiger partial charge in [0.1, 0.15) is 11.6 Å². The molecule has 24 heavy (non-hydrogen) atoms. The van der Waals surface area contributed by atoms with Gasteiger partial charge in [-0.15, -0.1) is 0 Å². The van der Waals surface area contributed by atoms with Crippen molar-refractivity contribution in [3.05, 3.63) is 52.7 Å². The molecule has 0 fully saturated rings. The molecule has 0 aliphatic heterocycles. The standard InChI is InChI=1S/C18H25FN4O/c1-4-16-14(17(5-2)24-23-16)12-22-18(20-6-3)21-11-13-9-7-8-10-15(13)19/h7-10H,4-6,11-12H2,1-3H3,(H2,20,21,22). The van der Waals surface area contributed by atoms with Gasteiger partial charge in [0.25, 0.3) is 0 Å². The number of aryl methyl sites for hydroxylation is 2. The van der Waals surface area contributed by atoms with Crippen molar-refractivity contribution >= 4 is 5.96 Å². The van der Waals surface area contributed by atoms with Gasteiger partial charge >= 0.3 is 0 Å². The van der Waals surface area contributed by atoms with Gasteiger partial charge in [0.05, 0.1) is 12.2 Å². The first-order chi connectivity index (χ1) is 11.7. The van der Waals surface area contributed by atoms with Crippen LogP contribution in [0.2, 0.25) is 0 Å². The zero-order valence-corrected chi connectivity index (χ0v) is 14.5. The van der Waals surface area contributed by atoms with Gasteiger partial charge in [-0.1, -0.05) is 37.2 Å². The molecule has 130 valence electrons. The number of rotatable bonds is 7. The molecule has 0 radical (unpaired) electrons. The molecule has 0 unspecified atom stereocenters. The summed E-state index contributed by atoms with van der Waals surface area (Å²) in [5.41, 5.74) is 2.61. The Morgan fingerprint density at radius 1 is 1.17 bits per heavy atom. The third-order valence-corrected chi connectivity index (χ3v) is 3.75. The molecule has 0 atom stereocenters. The maximum atomic E-state index is 13.7. The quantitative estimate of drug-likeness (QED) is 0.604. The van der Waals surface area contributed by atoms with E-state index in [1.807, 2.05) is 19.9 Å². The van der Waals surface area contributed by atoms with Gasteiger partial charge in [-0.05, 0) is 19.4 Å². The van der Waals surface area contributed by atoms with Gasteiger partial charge in [0.15, 0.2) is 5.96 Å². The number of guanidine groups is 1. The Bertz CT molecular complexity index is 660. The molecule has 0 aliphatic carbocycles. The zero-order chi connectivity index (χ0) is 17.4. The van der Waals surface area contributed by atoms with Crippen LogP contribution in [0.4, 0.5) is 4.39 Å². The van der Waals surface area contributed by atoms with E-state index >= 15 is 0 Å². The molecule has 5 nitrogen and oxygen atoms in total. The first kappa shape index (κ1) is 18.0. The van der Waals surface area contributed by atoms with Crippen LogP contribution >= 0.6 is 0 Å². The Morgan fingerprint density at radius 3 is 2.62 bits per heavy atom. The van der Waals surface area contributed by atoms with E-state index in [0.29, 0.717) is 18.1 Å². The molecule has 0 bridgehead atoms. The van der Waals surface area contributed by atoms with E-state index in [4.69, 9.17) is 4.52 Å². The molecule has 2 aromatic rings. The number of nitrogens with one attached hydrogen (secondary N) is 2. The molecule has 0 saturated heterocycles. The summed E-state index contributed by atoms with van der Waals surface area (Å²) in [5.74, 6) is 1.30. The van der Waals surface area contributed by atoms with Gasteiger partial charge < -0.3 is 15.2 Å². The highest BCUT2D eigenvalue weighted by Gasteiger charge is 2.13. The second-order valence-electron chi connectivity index (χ2n) is 5.38. The molecule has 0 aliphatic rings. The van der Waals surface area contributed by atoms with Gasteiger partial charge in [0, 0.05) is 30.6 Å². The fourth-order valence-electron chi connectivity index (χ4n) is 2.44. The highest BCUT2D eigenvalue weighted by Crippen LogP contribution is 2.15. The molecule has 2 N–H and O–H groups in total. The lowest BCUT2D eigenvalue weighted by atomic mass is 10.1. The van der Waals surface area contributed by atoms with Crippen LogP contribution in [0, 0.1) is 5.82 Å². The number of aromatic nitrogens is 1. The Hall–Kier alpha value is -2.37. The van der Waals surface area contributed by atoms with Crippen molar-refractivity contribution in [2.45, 2.75) is 46.7 Å². The average Bonchev–Trinajstić information content (AvgIpc) is 3.00. The summed E-state index contributed by atoms with van der Waals surface area (Å²) in [6.07, 6.45) is 1.62. The summed E-state index contributed by atoms with van der Waals surface area (Å²) in [7, 11) is 0. The van der Waals surface area contributed by atoms with Gasteiger partial charge in [-0.25, -0.2) is 9.38 Å². The molecule has 2 rings (SSSR count). The molecule has 0 saturated carbocycles. The Kier molecular flexibility index (Phi) is 6.78. The molecule has 0 amide bonds. The molecule has 0 spiro atoms. The summed E-state index contributed by atoms with van der Waals surface area (Å²) in [5, 5.41) is 10.6. The van der Waals surface area contributed by atoms with Crippen LogP contribution in [0.25, 0.3) is 0 Å². The number of nitrogens with zero attached hydrogens (tertiary/aromatic N) is 2. The summed E-state index contributed by atoms with van der Waals surface area (Å²) >= 11 is 0. The van der Waals surface area contributed by atoms with Crippen LogP contribution in [-0.4, -0.2) is 17.7 Å². The maximum absolute atomic E-state index is 13.7. The second kappa shape index (κ2) is 9.05. The minimum absolute atomic E-state index is 0.238. The van der Waals surface area contributed by atoms with Gasteiger partial charge in [0.2, 0.25) is 0 Å². The topological polar surface area (TPSA) is 62.5 Å². The number of aliphatic imine (C=N–C) groups is 1.